The molecule has 0 saturated heterocycles. The molecule has 34 heavy (non-hydrogen) atoms. The fourth-order valence-electron chi connectivity index (χ4n) is 3.56. The Morgan fingerprint density at radius 3 is 2.53 bits per heavy atom. The summed E-state index contributed by atoms with van der Waals surface area (Å²) in [6.45, 7) is 0.509. The molecule has 0 aliphatic carbocycles. The van der Waals surface area contributed by atoms with E-state index in [-0.39, 0.29) is 5.82 Å². The number of hydrogen-bond donors (Lipinski definition) is 2. The van der Waals surface area contributed by atoms with Crippen LogP contribution in [0.25, 0.3) is 11.1 Å². The number of amides is 1. The fourth-order valence-corrected chi connectivity index (χ4v) is 3.56. The number of pyridine rings is 1. The van der Waals surface area contributed by atoms with Gasteiger partial charge in [0.2, 0.25) is 5.91 Å². The molecule has 1 atom stereocenters. The lowest BCUT2D eigenvalue weighted by molar-refractivity contribution is -0.118. The second-order valence-corrected chi connectivity index (χ2v) is 7.80. The third-order valence-electron chi connectivity index (χ3n) is 5.36. The Kier molecular flexibility index (Phi) is 7.06. The first kappa shape index (κ1) is 22.8. The van der Waals surface area contributed by atoms with Gasteiger partial charge in [-0.2, -0.15) is 10.4 Å². The minimum absolute atomic E-state index is 0.132. The predicted octanol–water partition coefficient (Wildman–Crippen LogP) is 4.00. The highest BCUT2D eigenvalue weighted by Gasteiger charge is 2.22. The van der Waals surface area contributed by atoms with Crippen LogP contribution in [0.1, 0.15) is 22.7 Å². The summed E-state index contributed by atoms with van der Waals surface area (Å²) in [6, 6.07) is 19.3. The van der Waals surface area contributed by atoms with Crippen molar-refractivity contribution in [3.8, 4) is 17.2 Å². The summed E-state index contributed by atoms with van der Waals surface area (Å²) in [4.78, 5) is 17.2. The van der Waals surface area contributed by atoms with Gasteiger partial charge in [0.1, 0.15) is 6.04 Å². The highest BCUT2D eigenvalue weighted by atomic mass is 19.1. The number of anilines is 1. The summed E-state index contributed by atoms with van der Waals surface area (Å²) in [5.74, 6) is -1.17. The van der Waals surface area contributed by atoms with E-state index in [1.807, 2.05) is 42.5 Å². The summed E-state index contributed by atoms with van der Waals surface area (Å²) in [7, 11) is 1.78. The van der Waals surface area contributed by atoms with Gasteiger partial charge in [-0.3, -0.25) is 9.48 Å². The number of nitrogens with zero attached hydrogens (tertiary/aromatic N) is 4. The summed E-state index contributed by atoms with van der Waals surface area (Å²) < 4.78 is 16.4. The van der Waals surface area contributed by atoms with Crippen LogP contribution in [0.3, 0.4) is 0 Å². The van der Waals surface area contributed by atoms with Crippen molar-refractivity contribution in [2.75, 3.05) is 11.9 Å². The molecule has 0 saturated carbocycles. The molecule has 0 aliphatic rings. The molecule has 7 nitrogen and oxygen atoms in total. The summed E-state index contributed by atoms with van der Waals surface area (Å²) in [5, 5.41) is 18.9. The normalized spacial score (nSPS) is 11.6. The molecule has 0 radical (unpaired) electrons. The van der Waals surface area contributed by atoms with Gasteiger partial charge in [0.05, 0.1) is 17.8 Å². The predicted molar refractivity (Wildman–Crippen MR) is 127 cm³/mol. The molecule has 2 aromatic heterocycles. The third kappa shape index (κ3) is 5.52. The van der Waals surface area contributed by atoms with Gasteiger partial charge in [0.15, 0.2) is 11.6 Å². The Balaban J connectivity index is 1.46. The molecule has 4 aromatic rings. The maximum absolute atomic E-state index is 14.8. The van der Waals surface area contributed by atoms with Crippen molar-refractivity contribution in [2.24, 2.45) is 7.05 Å². The zero-order valence-corrected chi connectivity index (χ0v) is 18.6. The minimum atomic E-state index is -0.696. The number of nitrogens with one attached hydrogen (secondary N) is 2. The number of hydrogen-bond acceptors (Lipinski definition) is 5. The van der Waals surface area contributed by atoms with Crippen molar-refractivity contribution in [1.82, 2.24) is 20.1 Å². The first-order chi connectivity index (χ1) is 16.5. The number of aryl methyl sites for hydroxylation is 1. The van der Waals surface area contributed by atoms with Crippen LogP contribution in [0.15, 0.2) is 79.3 Å². The van der Waals surface area contributed by atoms with Crippen LogP contribution in [0.4, 0.5) is 10.2 Å². The zero-order valence-electron chi connectivity index (χ0n) is 18.6. The summed E-state index contributed by atoms with van der Waals surface area (Å²) >= 11 is 0. The number of nitriles is 1. The molecule has 1 amide bonds. The first-order valence-corrected chi connectivity index (χ1v) is 10.8. The van der Waals surface area contributed by atoms with Crippen LogP contribution in [0, 0.1) is 17.1 Å². The molecule has 0 spiro atoms. The Morgan fingerprint density at radius 2 is 1.88 bits per heavy atom. The van der Waals surface area contributed by atoms with E-state index in [1.54, 1.807) is 36.3 Å². The van der Waals surface area contributed by atoms with Gasteiger partial charge in [-0.15, -0.1) is 0 Å². The lowest BCUT2D eigenvalue weighted by Gasteiger charge is -2.19. The monoisotopic (exact) mass is 454 g/mol. The smallest absolute Gasteiger partial charge is 0.247 e. The molecule has 0 bridgehead atoms. The molecule has 0 fully saturated rings. The van der Waals surface area contributed by atoms with E-state index in [4.69, 9.17) is 5.26 Å². The van der Waals surface area contributed by atoms with Crippen molar-refractivity contribution < 1.29 is 9.18 Å². The quantitative estimate of drug-likeness (QED) is 0.420. The van der Waals surface area contributed by atoms with E-state index >= 15 is 0 Å². The average Bonchev–Trinajstić information content (AvgIpc) is 3.30. The zero-order chi connectivity index (χ0) is 23.9. The second-order valence-electron chi connectivity index (χ2n) is 7.80. The molecule has 2 N–H and O–H groups in total. The van der Waals surface area contributed by atoms with Crippen LogP contribution >= 0.6 is 0 Å². The summed E-state index contributed by atoms with van der Waals surface area (Å²) in [5.41, 5.74) is 3.70. The van der Waals surface area contributed by atoms with Crippen LogP contribution in [-0.4, -0.2) is 27.2 Å². The van der Waals surface area contributed by atoms with E-state index in [2.05, 4.69) is 26.8 Å². The van der Waals surface area contributed by atoms with Gasteiger partial charge in [-0.25, -0.2) is 9.37 Å². The molecular formula is C26H23FN6O. The van der Waals surface area contributed by atoms with E-state index in [0.717, 1.165) is 16.7 Å². The van der Waals surface area contributed by atoms with Crippen molar-refractivity contribution in [3.05, 3.63) is 102 Å². The number of carbonyl (C=O) groups excluding carboxylic acids is 1. The fraction of sp³-hybridized carbons (Fsp3) is 0.154. The molecule has 0 unspecified atom stereocenters. The van der Waals surface area contributed by atoms with Gasteiger partial charge in [0.25, 0.3) is 0 Å². The van der Waals surface area contributed by atoms with Crippen LogP contribution in [-0.2, 0) is 18.3 Å². The van der Waals surface area contributed by atoms with E-state index in [1.165, 1.54) is 12.3 Å². The maximum atomic E-state index is 14.8. The van der Waals surface area contributed by atoms with Crippen molar-refractivity contribution in [2.45, 2.75) is 12.5 Å². The van der Waals surface area contributed by atoms with Crippen molar-refractivity contribution in [3.63, 3.8) is 0 Å². The van der Waals surface area contributed by atoms with E-state index < -0.39 is 17.8 Å². The molecule has 2 heterocycles. The lowest BCUT2D eigenvalue weighted by Crippen LogP contribution is -2.34. The van der Waals surface area contributed by atoms with E-state index in [9.17, 15) is 9.18 Å². The van der Waals surface area contributed by atoms with Gasteiger partial charge >= 0.3 is 0 Å². The van der Waals surface area contributed by atoms with Gasteiger partial charge < -0.3 is 10.6 Å². The van der Waals surface area contributed by atoms with Crippen molar-refractivity contribution in [1.29, 1.82) is 5.26 Å². The lowest BCUT2D eigenvalue weighted by atomic mass is 10.0. The second kappa shape index (κ2) is 10.5. The molecule has 2 aromatic carbocycles. The van der Waals surface area contributed by atoms with E-state index in [0.29, 0.717) is 24.1 Å². The first-order valence-electron chi connectivity index (χ1n) is 10.8. The SMILES string of the molecule is Cn1cc(-c2cnc(NC(=O)[C@@H](NCCc3ccc(C#N)cc3)c3ccccc3)c(F)c2)cn1. The Bertz CT molecular complexity index is 1310. The highest BCUT2D eigenvalue weighted by Crippen LogP contribution is 2.23. The standard InChI is InChI=1S/C26H23FN6O/c1-33-17-22(16-31-33)21-13-23(27)25(30-15-21)32-26(34)24(20-5-3-2-4-6-20)29-12-11-18-7-9-19(14-28)10-8-18/h2-10,13,15-17,24,29H,11-12H2,1H3,(H,30,32,34)/t24-/m0/s1. The molecule has 170 valence electrons. The molecule has 4 rings (SSSR count). The Hall–Kier alpha value is -4.35. The number of carbonyl (C=O) groups is 1. The van der Waals surface area contributed by atoms with Crippen LogP contribution in [0.2, 0.25) is 0 Å². The maximum Gasteiger partial charge on any atom is 0.247 e. The van der Waals surface area contributed by atoms with Crippen molar-refractivity contribution >= 4 is 11.7 Å². The molecule has 8 heteroatoms. The number of halogens is 1. The highest BCUT2D eigenvalue weighted by molar-refractivity contribution is 5.95. The number of rotatable bonds is 8. The Morgan fingerprint density at radius 1 is 1.12 bits per heavy atom. The van der Waals surface area contributed by atoms with Gasteiger partial charge in [0, 0.05) is 37.1 Å². The molecular weight excluding hydrogens is 431 g/mol. The average molecular weight is 455 g/mol. The number of benzene rings is 2. The molecule has 0 aliphatic heterocycles. The Labute approximate surface area is 196 Å². The van der Waals surface area contributed by atoms with Gasteiger partial charge in [-0.1, -0.05) is 42.5 Å². The number of aromatic nitrogens is 3. The van der Waals surface area contributed by atoms with Crippen LogP contribution < -0.4 is 10.6 Å². The largest absolute Gasteiger partial charge is 0.307 e. The van der Waals surface area contributed by atoms with Gasteiger partial charge in [-0.05, 0) is 35.7 Å². The summed E-state index contributed by atoms with van der Waals surface area (Å²) in [6.07, 6.45) is 5.55. The third-order valence-corrected chi connectivity index (χ3v) is 5.36. The van der Waals surface area contributed by atoms with Crippen LogP contribution in [0.5, 0.6) is 0 Å². The topological polar surface area (TPSA) is 95.6 Å². The minimum Gasteiger partial charge on any atom is -0.307 e.